The van der Waals surface area contributed by atoms with E-state index in [4.69, 9.17) is 37.5 Å². The summed E-state index contributed by atoms with van der Waals surface area (Å²) in [6.45, 7) is 1.97. The molecule has 1 N–H and O–H groups in total. The zero-order valence-corrected chi connectivity index (χ0v) is 15.2. The molecular weight excluding hydrogens is 379 g/mol. The van der Waals surface area contributed by atoms with Crippen molar-refractivity contribution >= 4 is 40.1 Å². The van der Waals surface area contributed by atoms with Crippen LogP contribution in [-0.4, -0.2) is 11.1 Å². The van der Waals surface area contributed by atoms with Crippen LogP contribution < -0.4 is 10.4 Å². The summed E-state index contributed by atoms with van der Waals surface area (Å²) in [4.78, 5) is 23.0. The van der Waals surface area contributed by atoms with Gasteiger partial charge >= 0.3 is 11.6 Å². The largest absolute Gasteiger partial charge is 0.489 e. The number of hydrogen-bond acceptors (Lipinski definition) is 4. The van der Waals surface area contributed by atoms with Crippen LogP contribution in [0.3, 0.4) is 0 Å². The molecule has 1 heterocycles. The molecule has 7 heteroatoms. The van der Waals surface area contributed by atoms with Gasteiger partial charge in [0.1, 0.15) is 17.9 Å². The fourth-order valence-corrected chi connectivity index (χ4v) is 2.94. The maximum absolute atomic E-state index is 12.1. The number of aryl methyl sites for hydroxylation is 1. The van der Waals surface area contributed by atoms with Crippen LogP contribution in [0.1, 0.15) is 16.7 Å². The van der Waals surface area contributed by atoms with Gasteiger partial charge in [0.05, 0.1) is 22.0 Å². The molecule has 134 valence electrons. The zero-order valence-electron chi connectivity index (χ0n) is 13.7. The van der Waals surface area contributed by atoms with Crippen molar-refractivity contribution in [1.29, 1.82) is 0 Å². The summed E-state index contributed by atoms with van der Waals surface area (Å²) in [5.74, 6) is -0.571. The minimum atomic E-state index is -1.08. The van der Waals surface area contributed by atoms with Crippen LogP contribution in [0.5, 0.6) is 5.75 Å². The molecule has 0 radical (unpaired) electrons. The molecule has 0 aliphatic heterocycles. The van der Waals surface area contributed by atoms with Crippen LogP contribution >= 0.6 is 23.2 Å². The highest BCUT2D eigenvalue weighted by atomic mass is 35.5. The van der Waals surface area contributed by atoms with Crippen molar-refractivity contribution in [1.82, 2.24) is 0 Å². The monoisotopic (exact) mass is 392 g/mol. The van der Waals surface area contributed by atoms with Gasteiger partial charge in [-0.1, -0.05) is 29.3 Å². The molecule has 0 aliphatic carbocycles. The van der Waals surface area contributed by atoms with Gasteiger partial charge in [0, 0.05) is 11.5 Å². The van der Waals surface area contributed by atoms with E-state index in [1.165, 1.54) is 0 Å². The number of rotatable bonds is 5. The van der Waals surface area contributed by atoms with Gasteiger partial charge in [-0.05, 0) is 42.3 Å². The molecule has 26 heavy (non-hydrogen) atoms. The van der Waals surface area contributed by atoms with Gasteiger partial charge < -0.3 is 14.3 Å². The van der Waals surface area contributed by atoms with E-state index < -0.39 is 11.6 Å². The Hall–Kier alpha value is -2.50. The molecule has 3 rings (SSSR count). The first-order valence-corrected chi connectivity index (χ1v) is 8.45. The first kappa shape index (κ1) is 18.3. The smallest absolute Gasteiger partial charge is 0.340 e. The lowest BCUT2D eigenvalue weighted by Crippen LogP contribution is -2.14. The quantitative estimate of drug-likeness (QED) is 0.641. The molecule has 0 unspecified atom stereocenters. The summed E-state index contributed by atoms with van der Waals surface area (Å²) >= 11 is 11.9. The molecule has 0 fully saturated rings. The molecule has 0 saturated carbocycles. The van der Waals surface area contributed by atoms with Gasteiger partial charge in [0.15, 0.2) is 0 Å². The van der Waals surface area contributed by atoms with E-state index in [0.717, 1.165) is 5.56 Å². The number of carboxylic acid groups (broad SMARTS) is 1. The molecule has 0 spiro atoms. The molecular formula is C19H14Cl2O5. The Morgan fingerprint density at radius 1 is 1.15 bits per heavy atom. The summed E-state index contributed by atoms with van der Waals surface area (Å²) < 4.78 is 11.0. The Morgan fingerprint density at radius 2 is 1.92 bits per heavy atom. The Morgan fingerprint density at radius 3 is 2.62 bits per heavy atom. The minimum Gasteiger partial charge on any atom is -0.489 e. The van der Waals surface area contributed by atoms with E-state index in [1.807, 2.05) is 0 Å². The number of benzene rings is 2. The first-order valence-electron chi connectivity index (χ1n) is 7.70. The molecule has 2 aromatic carbocycles. The van der Waals surface area contributed by atoms with Crippen molar-refractivity contribution in [3.8, 4) is 5.75 Å². The molecule has 0 saturated heterocycles. The van der Waals surface area contributed by atoms with Crippen molar-refractivity contribution in [2.24, 2.45) is 0 Å². The van der Waals surface area contributed by atoms with Crippen LogP contribution in [-0.2, 0) is 17.8 Å². The Labute approximate surface area is 158 Å². The van der Waals surface area contributed by atoms with E-state index >= 15 is 0 Å². The average molecular weight is 393 g/mol. The molecule has 0 amide bonds. The standard InChI is InChI=1S/C19H14Cl2O5/c1-10-13-4-3-12(25-9-11-2-5-15(20)16(21)6-11)7-17(13)26-19(24)14(10)8-18(22)23/h2-7H,8-9H2,1H3,(H,22,23). The second kappa shape index (κ2) is 7.40. The van der Waals surface area contributed by atoms with Gasteiger partial charge in [-0.3, -0.25) is 4.79 Å². The van der Waals surface area contributed by atoms with Crippen LogP contribution in [0, 0.1) is 6.92 Å². The molecule has 0 atom stereocenters. The molecule has 1 aromatic heterocycles. The van der Waals surface area contributed by atoms with E-state index in [-0.39, 0.29) is 18.6 Å². The van der Waals surface area contributed by atoms with Crippen molar-refractivity contribution in [3.05, 3.63) is 73.6 Å². The third-order valence-electron chi connectivity index (χ3n) is 3.98. The van der Waals surface area contributed by atoms with Gasteiger partial charge in [-0.2, -0.15) is 0 Å². The van der Waals surface area contributed by atoms with Crippen molar-refractivity contribution in [2.45, 2.75) is 20.0 Å². The first-order chi connectivity index (χ1) is 12.3. The van der Waals surface area contributed by atoms with E-state index in [1.54, 1.807) is 43.3 Å². The zero-order chi connectivity index (χ0) is 18.8. The number of carboxylic acids is 1. The summed E-state index contributed by atoms with van der Waals surface area (Å²) in [5, 5.41) is 10.5. The third kappa shape index (κ3) is 3.84. The van der Waals surface area contributed by atoms with Crippen LogP contribution in [0.4, 0.5) is 0 Å². The Balaban J connectivity index is 1.88. The van der Waals surface area contributed by atoms with Crippen LogP contribution in [0.25, 0.3) is 11.0 Å². The lowest BCUT2D eigenvalue weighted by atomic mass is 10.0. The second-order valence-corrected chi connectivity index (χ2v) is 6.57. The SMILES string of the molecule is Cc1c(CC(=O)O)c(=O)oc2cc(OCc3ccc(Cl)c(Cl)c3)ccc12. The Kier molecular flexibility index (Phi) is 5.20. The normalized spacial score (nSPS) is 10.9. The van der Waals surface area contributed by atoms with Crippen molar-refractivity contribution in [2.75, 3.05) is 0 Å². The van der Waals surface area contributed by atoms with E-state index in [0.29, 0.717) is 32.3 Å². The van der Waals surface area contributed by atoms with Gasteiger partial charge in [-0.15, -0.1) is 0 Å². The number of ether oxygens (including phenoxy) is 1. The number of fused-ring (bicyclic) bond motifs is 1. The summed E-state index contributed by atoms with van der Waals surface area (Å²) in [6, 6.07) is 10.3. The lowest BCUT2D eigenvalue weighted by molar-refractivity contribution is -0.136. The lowest BCUT2D eigenvalue weighted by Gasteiger charge is -2.10. The van der Waals surface area contributed by atoms with Crippen molar-refractivity contribution in [3.63, 3.8) is 0 Å². The average Bonchev–Trinajstić information content (AvgIpc) is 2.59. The summed E-state index contributed by atoms with van der Waals surface area (Å²) in [6.07, 6.45) is -0.375. The second-order valence-electron chi connectivity index (χ2n) is 5.76. The van der Waals surface area contributed by atoms with Gasteiger partial charge in [0.2, 0.25) is 0 Å². The molecule has 3 aromatic rings. The number of carbonyl (C=O) groups is 1. The number of halogens is 2. The molecule has 0 aliphatic rings. The predicted molar refractivity (Wildman–Crippen MR) is 99.4 cm³/mol. The van der Waals surface area contributed by atoms with Crippen LogP contribution in [0.15, 0.2) is 45.6 Å². The van der Waals surface area contributed by atoms with Crippen LogP contribution in [0.2, 0.25) is 10.0 Å². The highest BCUT2D eigenvalue weighted by Gasteiger charge is 2.14. The summed E-state index contributed by atoms with van der Waals surface area (Å²) in [7, 11) is 0. The summed E-state index contributed by atoms with van der Waals surface area (Å²) in [5.41, 5.74) is 1.27. The topological polar surface area (TPSA) is 76.7 Å². The fourth-order valence-electron chi connectivity index (χ4n) is 2.62. The highest BCUT2D eigenvalue weighted by molar-refractivity contribution is 6.42. The molecule has 5 nitrogen and oxygen atoms in total. The fraction of sp³-hybridized carbons (Fsp3) is 0.158. The van der Waals surface area contributed by atoms with E-state index in [9.17, 15) is 9.59 Å². The number of hydrogen-bond donors (Lipinski definition) is 1. The predicted octanol–water partition coefficient (Wildman–Crippen LogP) is 4.61. The molecule has 0 bridgehead atoms. The third-order valence-corrected chi connectivity index (χ3v) is 4.72. The maximum Gasteiger partial charge on any atom is 0.340 e. The van der Waals surface area contributed by atoms with Gasteiger partial charge in [0.25, 0.3) is 0 Å². The Bertz CT molecular complexity index is 1060. The minimum absolute atomic E-state index is 0.148. The van der Waals surface area contributed by atoms with Crippen molar-refractivity contribution < 1.29 is 19.1 Å². The van der Waals surface area contributed by atoms with E-state index in [2.05, 4.69) is 0 Å². The number of aliphatic carboxylic acids is 1. The highest BCUT2D eigenvalue weighted by Crippen LogP contribution is 2.26. The van der Waals surface area contributed by atoms with Gasteiger partial charge in [-0.25, -0.2) is 4.79 Å². The maximum atomic E-state index is 12.1.